The number of carbonyl (C=O) groups is 2. The van der Waals surface area contributed by atoms with Crippen LogP contribution in [0.5, 0.6) is 0 Å². The van der Waals surface area contributed by atoms with Gasteiger partial charge in [0, 0.05) is 12.8 Å². The summed E-state index contributed by atoms with van der Waals surface area (Å²) in [4.78, 5) is 20.4. The average Bonchev–Trinajstić information content (AvgIpc) is 2.22. The van der Waals surface area contributed by atoms with Gasteiger partial charge in [-0.1, -0.05) is 13.8 Å². The first kappa shape index (κ1) is 14.1. The van der Waals surface area contributed by atoms with Crippen LogP contribution in [0.1, 0.15) is 26.7 Å². The minimum Gasteiger partial charge on any atom is -0.450 e. The fourth-order valence-corrected chi connectivity index (χ4v) is 0.961. The molecule has 0 saturated heterocycles. The molecule has 0 fully saturated rings. The Labute approximate surface area is 91.9 Å². The lowest BCUT2D eigenvalue weighted by atomic mass is 10.1. The molecule has 0 spiro atoms. The van der Waals surface area contributed by atoms with Gasteiger partial charge in [0.2, 0.25) is 12.5 Å². The van der Waals surface area contributed by atoms with Crippen LogP contribution in [-0.2, 0) is 9.47 Å². The molecule has 0 rings (SSSR count). The Morgan fingerprint density at radius 2 is 1.75 bits per heavy atom. The zero-order valence-corrected chi connectivity index (χ0v) is 9.04. The molecular formula is C8H14N2O6. The Hall–Kier alpha value is -1.86. The van der Waals surface area contributed by atoms with Crippen LogP contribution in [-0.4, -0.2) is 35.0 Å². The molecule has 0 amide bonds. The molecule has 8 heteroatoms. The van der Waals surface area contributed by atoms with Crippen molar-refractivity contribution in [1.82, 2.24) is 0 Å². The number of ether oxygens (including phenoxy) is 2. The summed E-state index contributed by atoms with van der Waals surface area (Å²) in [6, 6.07) is 0. The Kier molecular flexibility index (Phi) is 5.83. The Morgan fingerprint density at radius 3 is 2.12 bits per heavy atom. The SMILES string of the molecule is CCC(CC)(N=NCOC(=O)O)OC(=O)O. The Morgan fingerprint density at radius 1 is 1.19 bits per heavy atom. The zero-order chi connectivity index (χ0) is 12.6. The van der Waals surface area contributed by atoms with Gasteiger partial charge in [0.25, 0.3) is 0 Å². The topological polar surface area (TPSA) is 118 Å². The molecule has 0 bridgehead atoms. The number of nitrogens with zero attached hydrogens (tertiary/aromatic N) is 2. The van der Waals surface area contributed by atoms with Gasteiger partial charge in [-0.3, -0.25) is 0 Å². The summed E-state index contributed by atoms with van der Waals surface area (Å²) in [6.07, 6.45) is -2.34. The highest BCUT2D eigenvalue weighted by molar-refractivity contribution is 5.57. The molecule has 0 aliphatic rings. The molecule has 8 nitrogen and oxygen atoms in total. The summed E-state index contributed by atoms with van der Waals surface area (Å²) < 4.78 is 8.68. The van der Waals surface area contributed by atoms with E-state index >= 15 is 0 Å². The smallest absolute Gasteiger partial charge is 0.450 e. The van der Waals surface area contributed by atoms with Crippen LogP contribution < -0.4 is 0 Å². The van der Waals surface area contributed by atoms with Gasteiger partial charge in [-0.05, 0) is 0 Å². The van der Waals surface area contributed by atoms with Crippen molar-refractivity contribution in [3.63, 3.8) is 0 Å². The first-order valence-electron chi connectivity index (χ1n) is 4.62. The second-order valence-corrected chi connectivity index (χ2v) is 2.80. The van der Waals surface area contributed by atoms with Gasteiger partial charge < -0.3 is 19.7 Å². The van der Waals surface area contributed by atoms with Gasteiger partial charge >= 0.3 is 12.3 Å². The van der Waals surface area contributed by atoms with E-state index in [1.807, 2.05) is 0 Å². The lowest BCUT2D eigenvalue weighted by Crippen LogP contribution is -2.30. The van der Waals surface area contributed by atoms with Gasteiger partial charge in [0.15, 0.2) is 0 Å². The van der Waals surface area contributed by atoms with Gasteiger partial charge in [-0.25, -0.2) is 9.59 Å². The molecule has 0 aliphatic carbocycles. The summed E-state index contributed by atoms with van der Waals surface area (Å²) in [5, 5.41) is 23.7. The van der Waals surface area contributed by atoms with Crippen LogP contribution in [0.4, 0.5) is 9.59 Å². The summed E-state index contributed by atoms with van der Waals surface area (Å²) in [7, 11) is 0. The second kappa shape index (κ2) is 6.59. The van der Waals surface area contributed by atoms with Crippen molar-refractivity contribution >= 4 is 12.3 Å². The van der Waals surface area contributed by atoms with Gasteiger partial charge in [0.1, 0.15) is 0 Å². The molecule has 0 saturated carbocycles. The fraction of sp³-hybridized carbons (Fsp3) is 0.750. The van der Waals surface area contributed by atoms with Crippen LogP contribution in [0.25, 0.3) is 0 Å². The van der Waals surface area contributed by atoms with Crippen molar-refractivity contribution in [3.05, 3.63) is 0 Å². The van der Waals surface area contributed by atoms with Crippen LogP contribution in [0.2, 0.25) is 0 Å². The minimum absolute atomic E-state index is 0.298. The highest BCUT2D eigenvalue weighted by Crippen LogP contribution is 2.22. The number of hydrogen-bond acceptors (Lipinski definition) is 6. The molecule has 0 aromatic carbocycles. The van der Waals surface area contributed by atoms with E-state index in [1.165, 1.54) is 0 Å². The third-order valence-electron chi connectivity index (χ3n) is 1.88. The highest BCUT2D eigenvalue weighted by atomic mass is 16.7. The molecule has 0 aliphatic heterocycles. The second-order valence-electron chi connectivity index (χ2n) is 2.80. The van der Waals surface area contributed by atoms with Gasteiger partial charge in [-0.2, -0.15) is 0 Å². The first-order chi connectivity index (χ1) is 7.45. The maximum Gasteiger partial charge on any atom is 0.508 e. The average molecular weight is 234 g/mol. The molecule has 0 aromatic rings. The highest BCUT2D eigenvalue weighted by Gasteiger charge is 2.30. The monoisotopic (exact) mass is 234 g/mol. The van der Waals surface area contributed by atoms with Crippen LogP contribution in [0, 0.1) is 0 Å². The molecule has 2 N–H and O–H groups in total. The summed E-state index contributed by atoms with van der Waals surface area (Å²) in [5.74, 6) is 0. The number of rotatable bonds is 6. The lowest BCUT2D eigenvalue weighted by molar-refractivity contribution is -0.0253. The molecule has 0 atom stereocenters. The molecule has 92 valence electrons. The van der Waals surface area contributed by atoms with E-state index in [-0.39, 0.29) is 0 Å². The largest absolute Gasteiger partial charge is 0.508 e. The quantitative estimate of drug-likeness (QED) is 0.537. The first-order valence-corrected chi connectivity index (χ1v) is 4.62. The van der Waals surface area contributed by atoms with Gasteiger partial charge in [0.05, 0.1) is 0 Å². The minimum atomic E-state index is -1.48. The van der Waals surface area contributed by atoms with Crippen molar-refractivity contribution in [1.29, 1.82) is 0 Å². The predicted molar refractivity (Wildman–Crippen MR) is 51.3 cm³/mol. The van der Waals surface area contributed by atoms with Gasteiger partial charge in [-0.15, -0.1) is 10.2 Å². The van der Waals surface area contributed by atoms with Crippen molar-refractivity contribution in [2.45, 2.75) is 32.4 Å². The maximum atomic E-state index is 10.4. The number of hydrogen-bond donors (Lipinski definition) is 2. The summed E-state index contributed by atoms with van der Waals surface area (Å²) >= 11 is 0. The Balaban J connectivity index is 4.41. The third kappa shape index (κ3) is 5.13. The molecule has 0 heterocycles. The van der Waals surface area contributed by atoms with Crippen LogP contribution in [0.15, 0.2) is 10.2 Å². The molecule has 0 unspecified atom stereocenters. The van der Waals surface area contributed by atoms with Crippen molar-refractivity contribution in [2.24, 2.45) is 10.2 Å². The predicted octanol–water partition coefficient (Wildman–Crippen LogP) is 2.30. The third-order valence-corrected chi connectivity index (χ3v) is 1.88. The maximum absolute atomic E-state index is 10.4. The van der Waals surface area contributed by atoms with E-state index in [1.54, 1.807) is 13.8 Å². The number of carboxylic acid groups (broad SMARTS) is 2. The normalized spacial score (nSPS) is 11.4. The van der Waals surface area contributed by atoms with Crippen molar-refractivity contribution < 1.29 is 29.3 Å². The van der Waals surface area contributed by atoms with E-state index in [0.29, 0.717) is 12.8 Å². The number of azo groups is 1. The van der Waals surface area contributed by atoms with E-state index in [4.69, 9.17) is 10.2 Å². The summed E-state index contributed by atoms with van der Waals surface area (Å²) in [6.45, 7) is 2.88. The van der Waals surface area contributed by atoms with E-state index in [2.05, 4.69) is 19.7 Å². The van der Waals surface area contributed by atoms with Crippen molar-refractivity contribution in [3.8, 4) is 0 Å². The molecule has 0 aromatic heterocycles. The standard InChI is InChI=1S/C8H14N2O6/c1-3-8(4-2,16-7(13)14)10-9-5-15-6(11)12/h3-5H2,1-2H3,(H,11,12)(H,13,14). The molecular weight excluding hydrogens is 220 g/mol. The van der Waals surface area contributed by atoms with Crippen LogP contribution >= 0.6 is 0 Å². The Bertz CT molecular complexity index is 274. The van der Waals surface area contributed by atoms with Crippen LogP contribution in [0.3, 0.4) is 0 Å². The molecule has 0 radical (unpaired) electrons. The molecule has 16 heavy (non-hydrogen) atoms. The van der Waals surface area contributed by atoms with Crippen molar-refractivity contribution in [2.75, 3.05) is 6.73 Å². The lowest BCUT2D eigenvalue weighted by Gasteiger charge is -2.23. The fourth-order valence-electron chi connectivity index (χ4n) is 0.961. The van der Waals surface area contributed by atoms with E-state index in [0.717, 1.165) is 0 Å². The summed E-state index contributed by atoms with van der Waals surface area (Å²) in [5.41, 5.74) is -1.27. The zero-order valence-electron chi connectivity index (χ0n) is 9.04. The van der Waals surface area contributed by atoms with E-state index < -0.39 is 24.8 Å². The van der Waals surface area contributed by atoms with E-state index in [9.17, 15) is 9.59 Å².